The highest BCUT2D eigenvalue weighted by molar-refractivity contribution is 5.92. The molecule has 0 aliphatic carbocycles. The molecule has 1 atom stereocenters. The maximum absolute atomic E-state index is 12.1. The van der Waals surface area contributed by atoms with Gasteiger partial charge in [0.15, 0.2) is 0 Å². The lowest BCUT2D eigenvalue weighted by atomic mass is 10.1. The molecule has 1 fully saturated rings. The number of rotatable bonds is 4. The van der Waals surface area contributed by atoms with Gasteiger partial charge in [-0.15, -0.1) is 0 Å². The van der Waals surface area contributed by atoms with E-state index in [9.17, 15) is 9.59 Å². The smallest absolute Gasteiger partial charge is 0.238 e. The van der Waals surface area contributed by atoms with Crippen molar-refractivity contribution in [1.29, 1.82) is 0 Å². The van der Waals surface area contributed by atoms with Gasteiger partial charge in [-0.3, -0.25) is 14.5 Å². The van der Waals surface area contributed by atoms with Gasteiger partial charge < -0.3 is 10.6 Å². The van der Waals surface area contributed by atoms with Crippen molar-refractivity contribution in [1.82, 2.24) is 10.2 Å². The summed E-state index contributed by atoms with van der Waals surface area (Å²) in [7, 11) is 0. The van der Waals surface area contributed by atoms with E-state index in [0.717, 1.165) is 31.6 Å². The average Bonchev–Trinajstić information content (AvgIpc) is 2.41. The number of carbonyl (C=O) groups excluding carboxylic acids is 2. The van der Waals surface area contributed by atoms with Crippen LogP contribution in [0.5, 0.6) is 0 Å². The Bertz CT molecular complexity index is 499. The minimum Gasteiger partial charge on any atom is -0.352 e. The van der Waals surface area contributed by atoms with Gasteiger partial charge in [-0.1, -0.05) is 17.7 Å². The summed E-state index contributed by atoms with van der Waals surface area (Å²) >= 11 is 0. The van der Waals surface area contributed by atoms with Crippen molar-refractivity contribution in [3.8, 4) is 0 Å². The number of nitrogens with one attached hydrogen (secondary N) is 2. The zero-order valence-electron chi connectivity index (χ0n) is 12.7. The van der Waals surface area contributed by atoms with Crippen LogP contribution in [0.4, 0.5) is 5.69 Å². The van der Waals surface area contributed by atoms with Crippen molar-refractivity contribution in [2.75, 3.05) is 25.0 Å². The number of anilines is 1. The molecule has 5 nitrogen and oxygen atoms in total. The quantitative estimate of drug-likeness (QED) is 0.884. The van der Waals surface area contributed by atoms with E-state index >= 15 is 0 Å². The normalized spacial score (nSPS) is 19.0. The third-order valence-corrected chi connectivity index (χ3v) is 3.62. The summed E-state index contributed by atoms with van der Waals surface area (Å²) in [5.41, 5.74) is 1.99. The molecule has 5 heteroatoms. The van der Waals surface area contributed by atoms with Crippen molar-refractivity contribution in [3.63, 3.8) is 0 Å². The van der Waals surface area contributed by atoms with E-state index < -0.39 is 0 Å². The predicted octanol–water partition coefficient (Wildman–Crippen LogP) is 1.53. The summed E-state index contributed by atoms with van der Waals surface area (Å²) in [6, 6.07) is 7.92. The van der Waals surface area contributed by atoms with Gasteiger partial charge in [0.25, 0.3) is 0 Å². The Morgan fingerprint density at radius 2 is 2.00 bits per heavy atom. The number of benzene rings is 1. The number of carbonyl (C=O) groups is 2. The van der Waals surface area contributed by atoms with Crippen LogP contribution in [0.2, 0.25) is 0 Å². The highest BCUT2D eigenvalue weighted by atomic mass is 16.2. The first kappa shape index (κ1) is 15.5. The zero-order valence-corrected chi connectivity index (χ0v) is 12.7. The van der Waals surface area contributed by atoms with Gasteiger partial charge in [-0.25, -0.2) is 0 Å². The third-order valence-electron chi connectivity index (χ3n) is 3.62. The van der Waals surface area contributed by atoms with Gasteiger partial charge >= 0.3 is 0 Å². The van der Waals surface area contributed by atoms with Crippen LogP contribution in [-0.4, -0.2) is 42.4 Å². The number of amides is 2. The fraction of sp³-hybridized carbons (Fsp3) is 0.500. The molecule has 114 valence electrons. The van der Waals surface area contributed by atoms with E-state index in [0.29, 0.717) is 6.54 Å². The number of nitrogens with zero attached hydrogens (tertiary/aromatic N) is 1. The number of hydrogen-bond donors (Lipinski definition) is 2. The highest BCUT2D eigenvalue weighted by Gasteiger charge is 2.21. The lowest BCUT2D eigenvalue weighted by Gasteiger charge is -2.32. The maximum atomic E-state index is 12.1. The second-order valence-electron chi connectivity index (χ2n) is 5.69. The summed E-state index contributed by atoms with van der Waals surface area (Å²) in [5.74, 6) is -0.0201. The summed E-state index contributed by atoms with van der Waals surface area (Å²) in [6.45, 7) is 5.55. The molecule has 0 bridgehead atoms. The topological polar surface area (TPSA) is 61.4 Å². The van der Waals surface area contributed by atoms with Gasteiger partial charge in [0.2, 0.25) is 11.8 Å². The summed E-state index contributed by atoms with van der Waals surface area (Å²) in [6.07, 6.45) is 1.98. The Morgan fingerprint density at radius 3 is 2.67 bits per heavy atom. The average molecular weight is 289 g/mol. The summed E-state index contributed by atoms with van der Waals surface area (Å²) < 4.78 is 0. The molecule has 2 N–H and O–H groups in total. The second kappa shape index (κ2) is 7.22. The molecule has 0 radical (unpaired) electrons. The van der Waals surface area contributed by atoms with Crippen LogP contribution in [0, 0.1) is 6.92 Å². The fourth-order valence-corrected chi connectivity index (χ4v) is 2.64. The Morgan fingerprint density at radius 1 is 1.29 bits per heavy atom. The molecule has 1 aromatic rings. The van der Waals surface area contributed by atoms with Gasteiger partial charge in [-0.2, -0.15) is 0 Å². The molecule has 1 aromatic carbocycles. The minimum absolute atomic E-state index is 0.00837. The first-order chi connectivity index (χ1) is 10.0. The first-order valence-electron chi connectivity index (χ1n) is 7.39. The van der Waals surface area contributed by atoms with Gasteiger partial charge in [0.1, 0.15) is 0 Å². The Hall–Kier alpha value is -1.88. The van der Waals surface area contributed by atoms with Gasteiger partial charge in [0, 0.05) is 25.2 Å². The highest BCUT2D eigenvalue weighted by Crippen LogP contribution is 2.11. The monoisotopic (exact) mass is 289 g/mol. The minimum atomic E-state index is -0.0117. The number of hydrogen-bond acceptors (Lipinski definition) is 3. The molecule has 2 amide bonds. The first-order valence-corrected chi connectivity index (χ1v) is 7.39. The predicted molar refractivity (Wildman–Crippen MR) is 83.1 cm³/mol. The van der Waals surface area contributed by atoms with E-state index in [4.69, 9.17) is 0 Å². The zero-order chi connectivity index (χ0) is 15.2. The number of aryl methyl sites for hydroxylation is 1. The SMILES string of the molecule is CC(=O)NC1CCCN(CC(=O)Nc2ccc(C)cc2)C1. The van der Waals surface area contributed by atoms with Crippen LogP contribution >= 0.6 is 0 Å². The van der Waals surface area contributed by atoms with E-state index in [1.54, 1.807) is 0 Å². The second-order valence-corrected chi connectivity index (χ2v) is 5.69. The molecular weight excluding hydrogens is 266 g/mol. The standard InChI is InChI=1S/C16H23N3O2/c1-12-5-7-14(8-6-12)18-16(21)11-19-9-3-4-15(10-19)17-13(2)20/h5-8,15H,3-4,9-11H2,1-2H3,(H,17,20)(H,18,21). The summed E-state index contributed by atoms with van der Waals surface area (Å²) in [5, 5.41) is 5.83. The Balaban J connectivity index is 1.81. The molecule has 2 rings (SSSR count). The van der Waals surface area contributed by atoms with E-state index in [1.165, 1.54) is 12.5 Å². The van der Waals surface area contributed by atoms with Crippen molar-refractivity contribution in [3.05, 3.63) is 29.8 Å². The molecule has 0 spiro atoms. The molecule has 0 saturated carbocycles. The van der Waals surface area contributed by atoms with E-state index in [1.807, 2.05) is 31.2 Å². The molecule has 21 heavy (non-hydrogen) atoms. The number of likely N-dealkylation sites (tertiary alicyclic amines) is 1. The molecule has 0 aromatic heterocycles. The van der Waals surface area contributed by atoms with Crippen LogP contribution in [0.3, 0.4) is 0 Å². The van der Waals surface area contributed by atoms with Crippen molar-refractivity contribution >= 4 is 17.5 Å². The van der Waals surface area contributed by atoms with Crippen LogP contribution < -0.4 is 10.6 Å². The molecule has 1 unspecified atom stereocenters. The van der Waals surface area contributed by atoms with Crippen LogP contribution in [0.15, 0.2) is 24.3 Å². The molecule has 1 saturated heterocycles. The van der Waals surface area contributed by atoms with Crippen LogP contribution in [0.25, 0.3) is 0 Å². The lowest BCUT2D eigenvalue weighted by molar-refractivity contribution is -0.120. The lowest BCUT2D eigenvalue weighted by Crippen LogP contribution is -2.49. The Labute approximate surface area is 125 Å². The van der Waals surface area contributed by atoms with E-state index in [2.05, 4.69) is 15.5 Å². The maximum Gasteiger partial charge on any atom is 0.238 e. The molecule has 1 heterocycles. The van der Waals surface area contributed by atoms with Gasteiger partial charge in [-0.05, 0) is 38.4 Å². The number of piperidine rings is 1. The van der Waals surface area contributed by atoms with E-state index in [-0.39, 0.29) is 17.9 Å². The van der Waals surface area contributed by atoms with Crippen LogP contribution in [0.1, 0.15) is 25.3 Å². The van der Waals surface area contributed by atoms with Gasteiger partial charge in [0.05, 0.1) is 6.54 Å². The summed E-state index contributed by atoms with van der Waals surface area (Å²) in [4.78, 5) is 25.2. The van der Waals surface area contributed by atoms with Crippen LogP contribution in [-0.2, 0) is 9.59 Å². The molecule has 1 aliphatic heterocycles. The third kappa shape index (κ3) is 5.19. The largest absolute Gasteiger partial charge is 0.352 e. The molecular formula is C16H23N3O2. The Kier molecular flexibility index (Phi) is 5.33. The molecule has 1 aliphatic rings. The van der Waals surface area contributed by atoms with Crippen molar-refractivity contribution < 1.29 is 9.59 Å². The fourth-order valence-electron chi connectivity index (χ4n) is 2.64. The van der Waals surface area contributed by atoms with Crippen molar-refractivity contribution in [2.45, 2.75) is 32.7 Å². The van der Waals surface area contributed by atoms with Crippen molar-refractivity contribution in [2.24, 2.45) is 0 Å².